The summed E-state index contributed by atoms with van der Waals surface area (Å²) in [4.78, 5) is 0. The maximum atomic E-state index is 8.98. The van der Waals surface area contributed by atoms with Crippen molar-refractivity contribution >= 4 is 11.8 Å². The lowest BCUT2D eigenvalue weighted by Gasteiger charge is -2.07. The normalized spacial score (nSPS) is 10.2. The van der Waals surface area contributed by atoms with Crippen molar-refractivity contribution in [1.29, 1.82) is 5.26 Å². The Balaban J connectivity index is 1.99. The van der Waals surface area contributed by atoms with Crippen LogP contribution < -0.4 is 4.74 Å². The second-order valence-electron chi connectivity index (χ2n) is 5.14. The molecule has 0 unspecified atom stereocenters. The third-order valence-corrected chi connectivity index (χ3v) is 4.28. The molecule has 0 aliphatic carbocycles. The standard InChI is InChI=1S/C18H19NOS/c1-13-6-14(2)8-16(7-13)12-21-11-15-4-5-17(10-19)18(9-15)20-3/h4-9H,11-12H2,1-3H3. The number of hydrogen-bond acceptors (Lipinski definition) is 3. The van der Waals surface area contributed by atoms with Gasteiger partial charge in [0.2, 0.25) is 0 Å². The first kappa shape index (κ1) is 15.5. The molecular weight excluding hydrogens is 278 g/mol. The van der Waals surface area contributed by atoms with E-state index in [-0.39, 0.29) is 0 Å². The molecule has 108 valence electrons. The average molecular weight is 297 g/mol. The van der Waals surface area contributed by atoms with Gasteiger partial charge in [0.1, 0.15) is 11.8 Å². The Morgan fingerprint density at radius 2 is 1.67 bits per heavy atom. The number of nitrogens with zero attached hydrogens (tertiary/aromatic N) is 1. The van der Waals surface area contributed by atoms with E-state index in [0.29, 0.717) is 11.3 Å². The lowest BCUT2D eigenvalue weighted by atomic mass is 10.1. The van der Waals surface area contributed by atoms with Gasteiger partial charge in [-0.25, -0.2) is 0 Å². The van der Waals surface area contributed by atoms with Crippen molar-refractivity contribution in [2.75, 3.05) is 7.11 Å². The molecule has 0 aliphatic heterocycles. The molecule has 0 amide bonds. The summed E-state index contributed by atoms with van der Waals surface area (Å²) in [6.45, 7) is 4.26. The number of rotatable bonds is 5. The van der Waals surface area contributed by atoms with Crippen molar-refractivity contribution < 1.29 is 4.74 Å². The Hall–Kier alpha value is -1.92. The lowest BCUT2D eigenvalue weighted by molar-refractivity contribution is 0.413. The highest BCUT2D eigenvalue weighted by atomic mass is 32.2. The number of aryl methyl sites for hydroxylation is 2. The summed E-state index contributed by atoms with van der Waals surface area (Å²) in [6, 6.07) is 14.6. The maximum absolute atomic E-state index is 8.98. The van der Waals surface area contributed by atoms with E-state index in [2.05, 4.69) is 38.1 Å². The van der Waals surface area contributed by atoms with Crippen LogP contribution in [0.5, 0.6) is 5.75 Å². The molecule has 0 fully saturated rings. The second-order valence-corrected chi connectivity index (χ2v) is 6.12. The number of benzene rings is 2. The van der Waals surface area contributed by atoms with Crippen LogP contribution >= 0.6 is 11.8 Å². The molecule has 0 aromatic heterocycles. The molecule has 0 heterocycles. The minimum Gasteiger partial charge on any atom is -0.495 e. The molecule has 0 spiro atoms. The SMILES string of the molecule is COc1cc(CSCc2cc(C)cc(C)c2)ccc1C#N. The van der Waals surface area contributed by atoms with Gasteiger partial charge in [0, 0.05) is 11.5 Å². The van der Waals surface area contributed by atoms with Crippen LogP contribution in [0.25, 0.3) is 0 Å². The van der Waals surface area contributed by atoms with Gasteiger partial charge in [-0.3, -0.25) is 0 Å². The highest BCUT2D eigenvalue weighted by molar-refractivity contribution is 7.97. The van der Waals surface area contributed by atoms with Crippen LogP contribution in [0.1, 0.15) is 27.8 Å². The zero-order chi connectivity index (χ0) is 15.2. The van der Waals surface area contributed by atoms with Gasteiger partial charge in [-0.2, -0.15) is 17.0 Å². The first-order chi connectivity index (χ1) is 10.1. The van der Waals surface area contributed by atoms with Crippen LogP contribution in [0.4, 0.5) is 0 Å². The summed E-state index contributed by atoms with van der Waals surface area (Å²) in [5, 5.41) is 8.98. The summed E-state index contributed by atoms with van der Waals surface area (Å²) >= 11 is 1.87. The van der Waals surface area contributed by atoms with Crippen molar-refractivity contribution in [3.63, 3.8) is 0 Å². The zero-order valence-corrected chi connectivity index (χ0v) is 13.5. The topological polar surface area (TPSA) is 33.0 Å². The van der Waals surface area contributed by atoms with Crippen molar-refractivity contribution in [3.8, 4) is 11.8 Å². The van der Waals surface area contributed by atoms with E-state index in [1.54, 1.807) is 7.11 Å². The third-order valence-electron chi connectivity index (χ3n) is 3.21. The molecule has 21 heavy (non-hydrogen) atoms. The molecule has 2 aromatic rings. The number of methoxy groups -OCH3 is 1. The smallest absolute Gasteiger partial charge is 0.136 e. The largest absolute Gasteiger partial charge is 0.495 e. The Morgan fingerprint density at radius 3 is 2.29 bits per heavy atom. The summed E-state index contributed by atoms with van der Waals surface area (Å²) in [7, 11) is 1.60. The average Bonchev–Trinajstić information content (AvgIpc) is 2.46. The number of hydrogen-bond donors (Lipinski definition) is 0. The van der Waals surface area contributed by atoms with Gasteiger partial charge in [0.15, 0.2) is 0 Å². The number of nitriles is 1. The van der Waals surface area contributed by atoms with Crippen LogP contribution in [0, 0.1) is 25.2 Å². The van der Waals surface area contributed by atoms with Crippen LogP contribution in [-0.2, 0) is 11.5 Å². The monoisotopic (exact) mass is 297 g/mol. The summed E-state index contributed by atoms with van der Waals surface area (Å²) in [5.41, 5.74) is 5.75. The minimum absolute atomic E-state index is 0.584. The van der Waals surface area contributed by atoms with E-state index in [4.69, 9.17) is 10.00 Å². The van der Waals surface area contributed by atoms with Crippen LogP contribution in [0.3, 0.4) is 0 Å². The van der Waals surface area contributed by atoms with Gasteiger partial charge < -0.3 is 4.74 Å². The second kappa shape index (κ2) is 7.19. The van der Waals surface area contributed by atoms with Gasteiger partial charge in [0.25, 0.3) is 0 Å². The van der Waals surface area contributed by atoms with Crippen LogP contribution in [-0.4, -0.2) is 7.11 Å². The van der Waals surface area contributed by atoms with E-state index in [1.165, 1.54) is 22.3 Å². The van der Waals surface area contributed by atoms with Gasteiger partial charge in [-0.05, 0) is 37.1 Å². The molecule has 0 saturated carbocycles. The van der Waals surface area contributed by atoms with Crippen molar-refractivity contribution in [2.45, 2.75) is 25.4 Å². The van der Waals surface area contributed by atoms with Crippen molar-refractivity contribution in [1.82, 2.24) is 0 Å². The Labute approximate surface area is 130 Å². The number of thioether (sulfide) groups is 1. The first-order valence-electron chi connectivity index (χ1n) is 6.84. The molecule has 0 saturated heterocycles. The fourth-order valence-corrected chi connectivity index (χ4v) is 3.28. The molecular formula is C18H19NOS. The molecule has 0 aliphatic rings. The van der Waals surface area contributed by atoms with Crippen LogP contribution in [0.2, 0.25) is 0 Å². The van der Waals surface area contributed by atoms with Gasteiger partial charge in [0.05, 0.1) is 12.7 Å². The summed E-state index contributed by atoms with van der Waals surface area (Å²) in [6.07, 6.45) is 0. The van der Waals surface area contributed by atoms with Crippen molar-refractivity contribution in [2.24, 2.45) is 0 Å². The molecule has 0 atom stereocenters. The Kier molecular flexibility index (Phi) is 5.30. The molecule has 2 rings (SSSR count). The van der Waals surface area contributed by atoms with Gasteiger partial charge in [-0.15, -0.1) is 0 Å². The predicted molar refractivity (Wildman–Crippen MR) is 88.6 cm³/mol. The van der Waals surface area contributed by atoms with Crippen LogP contribution in [0.15, 0.2) is 36.4 Å². The minimum atomic E-state index is 0.584. The molecule has 2 nitrogen and oxygen atoms in total. The molecule has 0 N–H and O–H groups in total. The molecule has 3 heteroatoms. The first-order valence-corrected chi connectivity index (χ1v) is 8.00. The summed E-state index contributed by atoms with van der Waals surface area (Å²) < 4.78 is 5.24. The highest BCUT2D eigenvalue weighted by Gasteiger charge is 2.04. The Bertz CT molecular complexity index is 653. The lowest BCUT2D eigenvalue weighted by Crippen LogP contribution is -1.91. The van der Waals surface area contributed by atoms with Gasteiger partial charge >= 0.3 is 0 Å². The quantitative estimate of drug-likeness (QED) is 0.807. The molecule has 0 radical (unpaired) electrons. The molecule has 2 aromatic carbocycles. The van der Waals surface area contributed by atoms with E-state index >= 15 is 0 Å². The fourth-order valence-electron chi connectivity index (χ4n) is 2.36. The Morgan fingerprint density at radius 1 is 1.00 bits per heavy atom. The zero-order valence-electron chi connectivity index (χ0n) is 12.6. The van der Waals surface area contributed by atoms with E-state index in [0.717, 1.165) is 11.5 Å². The number of ether oxygens (including phenoxy) is 1. The summed E-state index contributed by atoms with van der Waals surface area (Å²) in [5.74, 6) is 2.56. The van der Waals surface area contributed by atoms with E-state index in [1.807, 2.05) is 30.0 Å². The molecule has 0 bridgehead atoms. The van der Waals surface area contributed by atoms with E-state index in [9.17, 15) is 0 Å². The van der Waals surface area contributed by atoms with Gasteiger partial charge in [-0.1, -0.05) is 35.4 Å². The third kappa shape index (κ3) is 4.27. The maximum Gasteiger partial charge on any atom is 0.136 e. The van der Waals surface area contributed by atoms with Crippen molar-refractivity contribution in [3.05, 3.63) is 64.2 Å². The predicted octanol–water partition coefficient (Wildman–Crippen LogP) is 4.62. The fraction of sp³-hybridized carbons (Fsp3) is 0.278. The van der Waals surface area contributed by atoms with E-state index < -0.39 is 0 Å². The highest BCUT2D eigenvalue weighted by Crippen LogP contribution is 2.24.